The van der Waals surface area contributed by atoms with Crippen LogP contribution >= 0.6 is 0 Å². The third-order valence-corrected chi connectivity index (χ3v) is 6.71. The maximum atomic E-state index is 13.4. The Morgan fingerprint density at radius 3 is 2.81 bits per heavy atom. The van der Waals surface area contributed by atoms with Crippen LogP contribution in [0.5, 0.6) is 0 Å². The molecule has 2 aliphatic rings. The smallest absolute Gasteiger partial charge is 0.228 e. The molecular weight excluding hydrogens is 407 g/mol. The number of carbonyl (C=O) groups is 2. The van der Waals surface area contributed by atoms with Gasteiger partial charge in [-0.2, -0.15) is 0 Å². The van der Waals surface area contributed by atoms with E-state index in [9.17, 15) is 14.0 Å². The van der Waals surface area contributed by atoms with Gasteiger partial charge in [0.15, 0.2) is 0 Å². The number of piperidine rings is 1. The van der Waals surface area contributed by atoms with E-state index < -0.39 is 0 Å². The molecule has 170 valence electrons. The molecule has 6 nitrogen and oxygen atoms in total. The van der Waals surface area contributed by atoms with Crippen LogP contribution in [0, 0.1) is 19.7 Å². The molecule has 2 aliphatic heterocycles. The summed E-state index contributed by atoms with van der Waals surface area (Å²) in [6, 6.07) is 5.14. The zero-order chi connectivity index (χ0) is 22.8. The Morgan fingerprint density at radius 1 is 1.22 bits per heavy atom. The van der Waals surface area contributed by atoms with Gasteiger partial charge in [0, 0.05) is 50.2 Å². The molecule has 1 unspecified atom stereocenters. The monoisotopic (exact) mass is 438 g/mol. The van der Waals surface area contributed by atoms with Gasteiger partial charge in [-0.3, -0.25) is 14.5 Å². The standard InChI is InChI=1S/C25H31FN4O2/c1-16-14-18(9-11-21(16)26)6-4-8-23(32)30-13-5-7-19(15-30)24-27-17(2)20-10-12-22(31)29(3)25(20)28-24/h9,11,14,19H,4-8,10,12-13,15H2,1-3H3. The van der Waals surface area contributed by atoms with Crippen LogP contribution in [-0.4, -0.2) is 46.8 Å². The number of carbonyl (C=O) groups excluding carboxylic acids is 2. The van der Waals surface area contributed by atoms with Crippen LogP contribution in [0.4, 0.5) is 10.2 Å². The maximum Gasteiger partial charge on any atom is 0.228 e. The largest absolute Gasteiger partial charge is 0.342 e. The van der Waals surface area contributed by atoms with Crippen molar-refractivity contribution in [3.8, 4) is 0 Å². The predicted octanol–water partition coefficient (Wildman–Crippen LogP) is 3.87. The number of benzene rings is 1. The molecule has 2 aromatic rings. The van der Waals surface area contributed by atoms with Crippen molar-refractivity contribution in [2.75, 3.05) is 25.0 Å². The number of nitrogens with zero attached hydrogens (tertiary/aromatic N) is 4. The Bertz CT molecular complexity index is 1040. The summed E-state index contributed by atoms with van der Waals surface area (Å²) in [5.74, 6) is 1.58. The van der Waals surface area contributed by atoms with Crippen LogP contribution in [0.25, 0.3) is 0 Å². The highest BCUT2D eigenvalue weighted by atomic mass is 19.1. The van der Waals surface area contributed by atoms with Gasteiger partial charge >= 0.3 is 0 Å². The second-order valence-electron chi connectivity index (χ2n) is 9.04. The van der Waals surface area contributed by atoms with Crippen LogP contribution in [0.2, 0.25) is 0 Å². The molecule has 1 fully saturated rings. The molecule has 4 rings (SSSR count). The molecule has 2 amide bonds. The lowest BCUT2D eigenvalue weighted by Gasteiger charge is -2.33. The fourth-order valence-corrected chi connectivity index (χ4v) is 4.75. The van der Waals surface area contributed by atoms with Gasteiger partial charge in [0.1, 0.15) is 17.5 Å². The number of hydrogen-bond donors (Lipinski definition) is 0. The molecule has 0 spiro atoms. The molecule has 0 aliphatic carbocycles. The zero-order valence-electron chi connectivity index (χ0n) is 19.2. The molecule has 1 atom stereocenters. The van der Waals surface area contributed by atoms with E-state index in [4.69, 9.17) is 9.97 Å². The Balaban J connectivity index is 1.39. The molecule has 32 heavy (non-hydrogen) atoms. The average Bonchev–Trinajstić information content (AvgIpc) is 2.79. The number of aryl methyl sites for hydroxylation is 3. The second-order valence-corrected chi connectivity index (χ2v) is 9.04. The van der Waals surface area contributed by atoms with Gasteiger partial charge in [-0.15, -0.1) is 0 Å². The average molecular weight is 439 g/mol. The highest BCUT2D eigenvalue weighted by Crippen LogP contribution is 2.31. The molecule has 0 saturated carbocycles. The van der Waals surface area contributed by atoms with Crippen LogP contribution in [-0.2, 0) is 22.4 Å². The summed E-state index contributed by atoms with van der Waals surface area (Å²) < 4.78 is 13.4. The van der Waals surface area contributed by atoms with E-state index in [0.29, 0.717) is 31.4 Å². The van der Waals surface area contributed by atoms with Crippen molar-refractivity contribution in [1.29, 1.82) is 0 Å². The number of likely N-dealkylation sites (tertiary alicyclic amines) is 1. The Hall–Kier alpha value is -2.83. The van der Waals surface area contributed by atoms with Gasteiger partial charge in [-0.1, -0.05) is 12.1 Å². The number of rotatable bonds is 5. The van der Waals surface area contributed by atoms with Gasteiger partial charge in [0.2, 0.25) is 11.8 Å². The summed E-state index contributed by atoms with van der Waals surface area (Å²) in [7, 11) is 1.77. The van der Waals surface area contributed by atoms with Crippen molar-refractivity contribution in [1.82, 2.24) is 14.9 Å². The van der Waals surface area contributed by atoms with Crippen LogP contribution in [0.1, 0.15) is 66.2 Å². The Labute approximate surface area is 188 Å². The minimum atomic E-state index is -0.195. The minimum Gasteiger partial charge on any atom is -0.342 e. The lowest BCUT2D eigenvalue weighted by atomic mass is 9.95. The van der Waals surface area contributed by atoms with Gasteiger partial charge in [0.25, 0.3) is 0 Å². The first-order chi connectivity index (χ1) is 15.3. The fraction of sp³-hybridized carbons (Fsp3) is 0.520. The number of amides is 2. The van der Waals surface area contributed by atoms with Crippen molar-refractivity contribution < 1.29 is 14.0 Å². The third-order valence-electron chi connectivity index (χ3n) is 6.71. The van der Waals surface area contributed by atoms with Crippen molar-refractivity contribution in [3.63, 3.8) is 0 Å². The highest BCUT2D eigenvalue weighted by Gasteiger charge is 2.30. The number of halogens is 1. The van der Waals surface area contributed by atoms with E-state index in [-0.39, 0.29) is 23.5 Å². The zero-order valence-corrected chi connectivity index (χ0v) is 19.2. The number of aromatic nitrogens is 2. The first-order valence-corrected chi connectivity index (χ1v) is 11.5. The van der Waals surface area contributed by atoms with Crippen LogP contribution < -0.4 is 4.90 Å². The quantitative estimate of drug-likeness (QED) is 0.711. The third kappa shape index (κ3) is 4.66. The van der Waals surface area contributed by atoms with Gasteiger partial charge in [0.05, 0.1) is 0 Å². The van der Waals surface area contributed by atoms with Crippen molar-refractivity contribution in [2.45, 2.75) is 64.7 Å². The van der Waals surface area contributed by atoms with E-state index in [1.54, 1.807) is 24.9 Å². The molecule has 1 aromatic carbocycles. The topological polar surface area (TPSA) is 66.4 Å². The van der Waals surface area contributed by atoms with E-state index >= 15 is 0 Å². The molecule has 0 N–H and O–H groups in total. The fourth-order valence-electron chi connectivity index (χ4n) is 4.75. The number of anilines is 1. The van der Waals surface area contributed by atoms with Crippen LogP contribution in [0.15, 0.2) is 18.2 Å². The lowest BCUT2D eigenvalue weighted by Crippen LogP contribution is -2.40. The lowest BCUT2D eigenvalue weighted by molar-refractivity contribution is -0.132. The predicted molar refractivity (Wildman–Crippen MR) is 121 cm³/mol. The molecular formula is C25H31FN4O2. The van der Waals surface area contributed by atoms with E-state index in [0.717, 1.165) is 60.7 Å². The normalized spacial score (nSPS) is 18.6. The van der Waals surface area contributed by atoms with E-state index in [1.807, 2.05) is 17.9 Å². The van der Waals surface area contributed by atoms with Gasteiger partial charge in [-0.25, -0.2) is 14.4 Å². The van der Waals surface area contributed by atoms with E-state index in [1.165, 1.54) is 6.07 Å². The molecule has 0 radical (unpaired) electrons. The second kappa shape index (κ2) is 9.35. The first-order valence-electron chi connectivity index (χ1n) is 11.5. The SMILES string of the molecule is Cc1cc(CCCC(=O)N2CCCC(c3nc(C)c4c(n3)N(C)C(=O)CC4)C2)ccc1F. The van der Waals surface area contributed by atoms with Crippen molar-refractivity contribution in [3.05, 3.63) is 52.2 Å². The summed E-state index contributed by atoms with van der Waals surface area (Å²) in [6.07, 6.45) is 5.02. The molecule has 1 aromatic heterocycles. The van der Waals surface area contributed by atoms with Gasteiger partial charge in [-0.05, 0) is 63.1 Å². The van der Waals surface area contributed by atoms with Crippen molar-refractivity contribution >= 4 is 17.6 Å². The molecule has 7 heteroatoms. The highest BCUT2D eigenvalue weighted by molar-refractivity contribution is 5.94. The Kier molecular flexibility index (Phi) is 6.53. The van der Waals surface area contributed by atoms with E-state index in [2.05, 4.69) is 0 Å². The summed E-state index contributed by atoms with van der Waals surface area (Å²) in [5.41, 5.74) is 3.68. The number of fused-ring (bicyclic) bond motifs is 1. The summed E-state index contributed by atoms with van der Waals surface area (Å²) in [6.45, 7) is 5.12. The summed E-state index contributed by atoms with van der Waals surface area (Å²) >= 11 is 0. The summed E-state index contributed by atoms with van der Waals surface area (Å²) in [4.78, 5) is 38.1. The minimum absolute atomic E-state index is 0.0818. The molecule has 0 bridgehead atoms. The first kappa shape index (κ1) is 22.4. The van der Waals surface area contributed by atoms with Crippen molar-refractivity contribution in [2.24, 2.45) is 0 Å². The summed E-state index contributed by atoms with van der Waals surface area (Å²) in [5, 5.41) is 0. The molecule has 3 heterocycles. The maximum absolute atomic E-state index is 13.4. The van der Waals surface area contributed by atoms with Crippen LogP contribution in [0.3, 0.4) is 0 Å². The van der Waals surface area contributed by atoms with Gasteiger partial charge < -0.3 is 4.90 Å². The molecule has 1 saturated heterocycles. The number of hydrogen-bond acceptors (Lipinski definition) is 4. The Morgan fingerprint density at radius 2 is 2.03 bits per heavy atom.